The minimum Gasteiger partial charge on any atom is -0.351 e. The number of urea groups is 1. The molecule has 3 nitrogen and oxygen atoms in total. The lowest BCUT2D eigenvalue weighted by atomic mass is 10.4. The average Bonchev–Trinajstić information content (AvgIpc) is 2.01. The summed E-state index contributed by atoms with van der Waals surface area (Å²) in [7, 11) is 0. The zero-order chi connectivity index (χ0) is 8.97. The number of benzene rings is 1. The number of halogens is 1. The smallest absolute Gasteiger partial charge is 0.322 e. The van der Waals surface area contributed by atoms with Crippen LogP contribution >= 0.6 is 11.9 Å². The van der Waals surface area contributed by atoms with Crippen LogP contribution in [0.2, 0.25) is 0 Å². The van der Waals surface area contributed by atoms with Gasteiger partial charge in [-0.05, 0) is 30.1 Å². The normalized spacial score (nSPS) is 9.42. The number of nitrogens with one attached hydrogen (secondary N) is 1. The molecule has 1 aromatic rings. The topological polar surface area (TPSA) is 55.1 Å². The van der Waals surface area contributed by atoms with E-state index in [1.165, 1.54) is 12.1 Å². The van der Waals surface area contributed by atoms with Crippen LogP contribution in [-0.2, 0) is 0 Å². The molecule has 64 valence electrons. The van der Waals surface area contributed by atoms with Crippen LogP contribution in [0, 0.1) is 5.82 Å². The first kappa shape index (κ1) is 8.86. The van der Waals surface area contributed by atoms with Gasteiger partial charge in [-0.3, -0.25) is 4.72 Å². The van der Waals surface area contributed by atoms with Gasteiger partial charge in [-0.15, -0.1) is 0 Å². The van der Waals surface area contributed by atoms with Crippen molar-refractivity contribution in [1.29, 1.82) is 0 Å². The molecule has 0 aliphatic heterocycles. The second-order valence-corrected chi connectivity index (χ2v) is 2.91. The maximum absolute atomic E-state index is 12.5. The predicted octanol–water partition coefficient (Wildman–Crippen LogP) is 1.50. The van der Waals surface area contributed by atoms with Crippen LogP contribution < -0.4 is 10.5 Å². The van der Waals surface area contributed by atoms with Crippen molar-refractivity contribution in [3.63, 3.8) is 0 Å². The van der Waals surface area contributed by atoms with Gasteiger partial charge in [0.1, 0.15) is 5.82 Å². The third kappa shape index (κ3) is 2.79. The Morgan fingerprint density at radius 2 is 2.33 bits per heavy atom. The Hall–Kier alpha value is -1.23. The quantitative estimate of drug-likeness (QED) is 0.688. The number of rotatable bonds is 2. The summed E-state index contributed by atoms with van der Waals surface area (Å²) in [5.74, 6) is -0.341. The Kier molecular flexibility index (Phi) is 2.93. The number of hydrogen-bond donors (Lipinski definition) is 2. The van der Waals surface area contributed by atoms with E-state index in [1.54, 1.807) is 12.1 Å². The second kappa shape index (κ2) is 3.96. The Morgan fingerprint density at radius 3 is 2.92 bits per heavy atom. The first-order valence-electron chi connectivity index (χ1n) is 3.16. The van der Waals surface area contributed by atoms with Crippen LogP contribution in [0.1, 0.15) is 0 Å². The molecule has 3 N–H and O–H groups in total. The monoisotopic (exact) mass is 186 g/mol. The first-order chi connectivity index (χ1) is 5.68. The summed E-state index contributed by atoms with van der Waals surface area (Å²) in [6, 6.07) is 5.21. The van der Waals surface area contributed by atoms with Crippen LogP contribution in [0.25, 0.3) is 0 Å². The molecule has 1 rings (SSSR count). The molecule has 12 heavy (non-hydrogen) atoms. The van der Waals surface area contributed by atoms with Crippen molar-refractivity contribution in [2.75, 3.05) is 0 Å². The number of primary amides is 1. The standard InChI is InChI=1S/C7H7FN2OS/c8-5-2-1-3-6(4-5)12-10-7(9)11/h1-4H,(H3,9,10,11). The van der Waals surface area contributed by atoms with Gasteiger partial charge in [-0.25, -0.2) is 9.18 Å². The van der Waals surface area contributed by atoms with Crippen molar-refractivity contribution in [2.45, 2.75) is 4.90 Å². The van der Waals surface area contributed by atoms with E-state index >= 15 is 0 Å². The third-order valence-electron chi connectivity index (χ3n) is 1.07. The molecule has 0 spiro atoms. The van der Waals surface area contributed by atoms with E-state index in [1.807, 2.05) is 0 Å². The number of carbonyl (C=O) groups is 1. The number of carbonyl (C=O) groups excluding carboxylic acids is 1. The Morgan fingerprint density at radius 1 is 1.58 bits per heavy atom. The number of nitrogens with two attached hydrogens (primary N) is 1. The summed E-state index contributed by atoms with van der Waals surface area (Å²) in [5.41, 5.74) is 4.81. The molecule has 0 unspecified atom stereocenters. The fourth-order valence-electron chi connectivity index (χ4n) is 0.640. The molecule has 0 aromatic heterocycles. The van der Waals surface area contributed by atoms with Crippen LogP contribution in [0.15, 0.2) is 29.2 Å². The molecule has 2 amide bonds. The summed E-state index contributed by atoms with van der Waals surface area (Å²) in [4.78, 5) is 10.9. The molecule has 0 aliphatic carbocycles. The van der Waals surface area contributed by atoms with Crippen LogP contribution in [0.5, 0.6) is 0 Å². The van der Waals surface area contributed by atoms with E-state index in [2.05, 4.69) is 4.72 Å². The first-order valence-corrected chi connectivity index (χ1v) is 3.98. The molecule has 0 atom stereocenters. The lowest BCUT2D eigenvalue weighted by molar-refractivity contribution is 0.254. The second-order valence-electron chi connectivity index (χ2n) is 2.03. The van der Waals surface area contributed by atoms with Gasteiger partial charge in [0.2, 0.25) is 0 Å². The van der Waals surface area contributed by atoms with Crippen molar-refractivity contribution < 1.29 is 9.18 Å². The van der Waals surface area contributed by atoms with Crippen LogP contribution in [-0.4, -0.2) is 6.03 Å². The van der Waals surface area contributed by atoms with E-state index in [9.17, 15) is 9.18 Å². The largest absolute Gasteiger partial charge is 0.351 e. The summed E-state index contributed by atoms with van der Waals surface area (Å²) < 4.78 is 14.8. The summed E-state index contributed by atoms with van der Waals surface area (Å²) in [5, 5.41) is 0. The lowest BCUT2D eigenvalue weighted by Gasteiger charge is -1.99. The number of hydrogen-bond acceptors (Lipinski definition) is 2. The Balaban J connectivity index is 2.57. The van der Waals surface area contributed by atoms with Crippen molar-refractivity contribution in [2.24, 2.45) is 5.73 Å². The van der Waals surface area contributed by atoms with Crippen LogP contribution in [0.3, 0.4) is 0 Å². The molecule has 5 heteroatoms. The van der Waals surface area contributed by atoms with Gasteiger partial charge in [0.15, 0.2) is 0 Å². The van der Waals surface area contributed by atoms with Gasteiger partial charge < -0.3 is 5.73 Å². The van der Waals surface area contributed by atoms with E-state index in [0.717, 1.165) is 11.9 Å². The molecular formula is C7H7FN2OS. The fourth-order valence-corrected chi connectivity index (χ4v) is 1.18. The van der Waals surface area contributed by atoms with E-state index in [0.29, 0.717) is 4.90 Å². The number of amides is 2. The zero-order valence-corrected chi connectivity index (χ0v) is 6.90. The highest BCUT2D eigenvalue weighted by Gasteiger charge is 1.96. The highest BCUT2D eigenvalue weighted by molar-refractivity contribution is 7.98. The highest BCUT2D eigenvalue weighted by Crippen LogP contribution is 2.14. The molecule has 1 aromatic carbocycles. The van der Waals surface area contributed by atoms with Crippen molar-refractivity contribution in [3.05, 3.63) is 30.1 Å². The van der Waals surface area contributed by atoms with Gasteiger partial charge >= 0.3 is 6.03 Å². The SMILES string of the molecule is NC(=O)NSc1cccc(F)c1. The molecule has 0 saturated carbocycles. The maximum Gasteiger partial charge on any atom is 0.322 e. The van der Waals surface area contributed by atoms with Gasteiger partial charge in [0.25, 0.3) is 0 Å². The molecule has 0 fully saturated rings. The Labute approximate surface area is 73.3 Å². The zero-order valence-electron chi connectivity index (χ0n) is 6.08. The third-order valence-corrected chi connectivity index (χ3v) is 1.86. The highest BCUT2D eigenvalue weighted by atomic mass is 32.2. The van der Waals surface area contributed by atoms with Gasteiger partial charge in [-0.1, -0.05) is 6.07 Å². The van der Waals surface area contributed by atoms with Crippen LogP contribution in [0.4, 0.5) is 9.18 Å². The average molecular weight is 186 g/mol. The van der Waals surface area contributed by atoms with Crippen molar-refractivity contribution >= 4 is 18.0 Å². The van der Waals surface area contributed by atoms with Crippen molar-refractivity contribution in [1.82, 2.24) is 4.72 Å². The van der Waals surface area contributed by atoms with Gasteiger partial charge in [0, 0.05) is 4.90 Å². The molecule has 0 radical (unpaired) electrons. The summed E-state index contributed by atoms with van der Waals surface area (Å²) >= 11 is 0.978. The molecular weight excluding hydrogens is 179 g/mol. The lowest BCUT2D eigenvalue weighted by Crippen LogP contribution is -2.22. The maximum atomic E-state index is 12.5. The summed E-state index contributed by atoms with van der Waals surface area (Å²) in [6.45, 7) is 0. The summed E-state index contributed by atoms with van der Waals surface area (Å²) in [6.07, 6.45) is 0. The minimum atomic E-state index is -0.649. The van der Waals surface area contributed by atoms with Gasteiger partial charge in [0.05, 0.1) is 0 Å². The van der Waals surface area contributed by atoms with Gasteiger partial charge in [-0.2, -0.15) is 0 Å². The van der Waals surface area contributed by atoms with Crippen molar-refractivity contribution in [3.8, 4) is 0 Å². The molecule has 0 heterocycles. The molecule has 0 saturated heterocycles. The molecule has 0 bridgehead atoms. The fraction of sp³-hybridized carbons (Fsp3) is 0. The minimum absolute atomic E-state index is 0.341. The Bertz CT molecular complexity index is 292. The van der Waals surface area contributed by atoms with E-state index in [4.69, 9.17) is 5.73 Å². The van der Waals surface area contributed by atoms with E-state index in [-0.39, 0.29) is 5.82 Å². The van der Waals surface area contributed by atoms with E-state index < -0.39 is 6.03 Å². The molecule has 0 aliphatic rings. The predicted molar refractivity (Wildman–Crippen MR) is 45.0 cm³/mol.